The van der Waals surface area contributed by atoms with Crippen LogP contribution < -0.4 is 5.73 Å². The van der Waals surface area contributed by atoms with Gasteiger partial charge in [0.2, 0.25) is 0 Å². The third-order valence-corrected chi connectivity index (χ3v) is 7.58. The van der Waals surface area contributed by atoms with Gasteiger partial charge < -0.3 is 15.4 Å². The van der Waals surface area contributed by atoms with Crippen LogP contribution in [0, 0.1) is 29.6 Å². The van der Waals surface area contributed by atoms with Crippen LogP contribution in [0.1, 0.15) is 57.1 Å². The molecule has 28 heavy (non-hydrogen) atoms. The molecule has 5 rings (SSSR count). The Hall–Kier alpha value is -2.04. The number of benzene rings is 1. The number of nitrogens with zero attached hydrogens (tertiary/aromatic N) is 1. The molecule has 4 fully saturated rings. The van der Waals surface area contributed by atoms with Crippen LogP contribution in [0.5, 0.6) is 0 Å². The van der Waals surface area contributed by atoms with E-state index in [0.29, 0.717) is 5.92 Å². The number of esters is 1. The van der Waals surface area contributed by atoms with Gasteiger partial charge in [-0.3, -0.25) is 0 Å². The normalized spacial score (nSPS) is 32.6. The first-order chi connectivity index (χ1) is 13.5. The summed E-state index contributed by atoms with van der Waals surface area (Å²) in [5.41, 5.74) is 6.54. The zero-order valence-corrected chi connectivity index (χ0v) is 16.9. The molecular formula is C23H32N2O3. The van der Waals surface area contributed by atoms with Gasteiger partial charge in [0.1, 0.15) is 0 Å². The molecule has 4 saturated carbocycles. The molecule has 5 nitrogen and oxygen atoms in total. The first-order valence-corrected chi connectivity index (χ1v) is 10.7. The van der Waals surface area contributed by atoms with E-state index in [1.165, 1.54) is 39.2 Å². The van der Waals surface area contributed by atoms with Crippen molar-refractivity contribution in [2.45, 2.75) is 57.5 Å². The van der Waals surface area contributed by atoms with Crippen molar-refractivity contribution in [3.05, 3.63) is 35.9 Å². The second-order valence-electron chi connectivity index (χ2n) is 9.26. The number of carbonyl (C=O) groups is 2. The zero-order chi connectivity index (χ0) is 19.8. The largest absolute Gasteiger partial charge is 0.467 e. The van der Waals surface area contributed by atoms with Gasteiger partial charge in [0.25, 0.3) is 0 Å². The predicted octanol–water partition coefficient (Wildman–Crippen LogP) is 4.13. The summed E-state index contributed by atoms with van der Waals surface area (Å²) in [4.78, 5) is 26.6. The van der Waals surface area contributed by atoms with E-state index in [1.807, 2.05) is 37.3 Å². The molecule has 5 heteroatoms. The number of rotatable bonds is 6. The molecule has 4 aliphatic carbocycles. The molecule has 0 saturated heterocycles. The van der Waals surface area contributed by atoms with Gasteiger partial charge in [0.05, 0.1) is 7.11 Å². The number of urea groups is 1. The molecule has 2 amide bonds. The Labute approximate surface area is 167 Å². The van der Waals surface area contributed by atoms with Crippen molar-refractivity contribution in [1.82, 2.24) is 4.90 Å². The summed E-state index contributed by atoms with van der Waals surface area (Å²) in [7, 11) is 1.36. The van der Waals surface area contributed by atoms with Gasteiger partial charge in [-0.05, 0) is 80.6 Å². The lowest BCUT2D eigenvalue weighted by molar-refractivity contribution is -0.147. The fourth-order valence-electron chi connectivity index (χ4n) is 6.69. The predicted molar refractivity (Wildman–Crippen MR) is 107 cm³/mol. The van der Waals surface area contributed by atoms with Crippen LogP contribution in [0.3, 0.4) is 0 Å². The van der Waals surface area contributed by atoms with Gasteiger partial charge in [-0.15, -0.1) is 0 Å². The Balaban J connectivity index is 1.56. The molecule has 2 unspecified atom stereocenters. The quantitative estimate of drug-likeness (QED) is 0.750. The van der Waals surface area contributed by atoms with E-state index < -0.39 is 18.0 Å². The van der Waals surface area contributed by atoms with Crippen molar-refractivity contribution in [1.29, 1.82) is 0 Å². The number of carbonyl (C=O) groups excluding carboxylic acids is 2. The molecule has 0 spiro atoms. The summed E-state index contributed by atoms with van der Waals surface area (Å²) in [6.07, 6.45) is 7.74. The van der Waals surface area contributed by atoms with Gasteiger partial charge in [-0.2, -0.15) is 0 Å². The van der Waals surface area contributed by atoms with Crippen molar-refractivity contribution in [3.63, 3.8) is 0 Å². The highest BCUT2D eigenvalue weighted by Gasteiger charge is 2.49. The highest BCUT2D eigenvalue weighted by molar-refractivity contribution is 5.84. The maximum absolute atomic E-state index is 12.6. The molecule has 1 aromatic carbocycles. The van der Waals surface area contributed by atoms with E-state index in [1.54, 1.807) is 4.90 Å². The minimum Gasteiger partial charge on any atom is -0.467 e. The van der Waals surface area contributed by atoms with E-state index in [-0.39, 0.29) is 6.04 Å². The van der Waals surface area contributed by atoms with Gasteiger partial charge >= 0.3 is 12.0 Å². The Kier molecular flexibility index (Phi) is 5.35. The number of ether oxygens (including phenoxy) is 1. The van der Waals surface area contributed by atoms with Gasteiger partial charge in [0, 0.05) is 6.04 Å². The molecule has 2 atom stereocenters. The van der Waals surface area contributed by atoms with Crippen LogP contribution in [-0.4, -0.2) is 30.1 Å². The Morgan fingerprint density at radius 2 is 1.64 bits per heavy atom. The summed E-state index contributed by atoms with van der Waals surface area (Å²) in [5, 5.41) is 0. The maximum Gasteiger partial charge on any atom is 0.333 e. The van der Waals surface area contributed by atoms with Crippen molar-refractivity contribution >= 4 is 12.0 Å². The Morgan fingerprint density at radius 3 is 2.14 bits per heavy atom. The number of primary amides is 1. The molecule has 4 bridgehead atoms. The smallest absolute Gasteiger partial charge is 0.333 e. The Morgan fingerprint density at radius 1 is 1.07 bits per heavy atom. The van der Waals surface area contributed by atoms with Crippen LogP contribution in [0.15, 0.2) is 30.3 Å². The van der Waals surface area contributed by atoms with E-state index in [9.17, 15) is 9.59 Å². The maximum atomic E-state index is 12.6. The molecule has 4 aliphatic rings. The number of hydrogen-bond acceptors (Lipinski definition) is 3. The summed E-state index contributed by atoms with van der Waals surface area (Å²) < 4.78 is 5.04. The van der Waals surface area contributed by atoms with E-state index in [4.69, 9.17) is 10.5 Å². The molecule has 152 valence electrons. The Bertz CT molecular complexity index is 692. The van der Waals surface area contributed by atoms with E-state index in [0.717, 1.165) is 35.7 Å². The average Bonchev–Trinajstić information content (AvgIpc) is 2.67. The standard InChI is InChI=1S/C23H32N2O3/c1-14(8-20-18-10-15-9-16(12-18)13-19(20)11-15)25(23(24)27)21(22(26)28-2)17-6-4-3-5-7-17/h3-7,14-16,18-21H,8-13H2,1-2H3,(H2,24,27). The average molecular weight is 385 g/mol. The van der Waals surface area contributed by atoms with Gasteiger partial charge in [-0.1, -0.05) is 30.3 Å². The summed E-state index contributed by atoms with van der Waals surface area (Å²) in [5.74, 6) is 3.60. The number of nitrogens with two attached hydrogens (primary N) is 1. The van der Waals surface area contributed by atoms with Crippen molar-refractivity contribution in [2.24, 2.45) is 35.3 Å². The number of amides is 2. The summed E-state index contributed by atoms with van der Waals surface area (Å²) in [6, 6.07) is 7.88. The molecule has 0 aliphatic heterocycles. The number of hydrogen-bond donors (Lipinski definition) is 1. The van der Waals surface area contributed by atoms with E-state index in [2.05, 4.69) is 0 Å². The van der Waals surface area contributed by atoms with Crippen LogP contribution >= 0.6 is 0 Å². The highest BCUT2D eigenvalue weighted by Crippen LogP contribution is 2.57. The molecule has 0 radical (unpaired) electrons. The highest BCUT2D eigenvalue weighted by atomic mass is 16.5. The summed E-state index contributed by atoms with van der Waals surface area (Å²) in [6.45, 7) is 2.04. The first-order valence-electron chi connectivity index (χ1n) is 10.7. The third-order valence-electron chi connectivity index (χ3n) is 7.58. The van der Waals surface area contributed by atoms with Crippen molar-refractivity contribution < 1.29 is 14.3 Å². The lowest BCUT2D eigenvalue weighted by Crippen LogP contribution is -2.51. The molecule has 2 N–H and O–H groups in total. The number of methoxy groups -OCH3 is 1. The second kappa shape index (κ2) is 7.76. The minimum absolute atomic E-state index is 0.107. The summed E-state index contributed by atoms with van der Waals surface area (Å²) >= 11 is 0. The van der Waals surface area contributed by atoms with Gasteiger partial charge in [-0.25, -0.2) is 9.59 Å². The van der Waals surface area contributed by atoms with Crippen LogP contribution in [0.2, 0.25) is 0 Å². The van der Waals surface area contributed by atoms with Gasteiger partial charge in [0.15, 0.2) is 6.04 Å². The fourth-order valence-corrected chi connectivity index (χ4v) is 6.69. The lowest BCUT2D eigenvalue weighted by atomic mass is 9.51. The fraction of sp³-hybridized carbons (Fsp3) is 0.652. The lowest BCUT2D eigenvalue weighted by Gasteiger charge is -2.55. The SMILES string of the molecule is COC(=O)C(c1ccccc1)N(C(N)=O)C(C)CC1C2CC3CC(C2)CC1C3. The van der Waals surface area contributed by atoms with Crippen molar-refractivity contribution in [2.75, 3.05) is 7.11 Å². The minimum atomic E-state index is -0.796. The molecular weight excluding hydrogens is 352 g/mol. The second-order valence-corrected chi connectivity index (χ2v) is 9.26. The molecule has 1 aromatic rings. The first kappa shape index (κ1) is 19.3. The van der Waals surface area contributed by atoms with Crippen molar-refractivity contribution in [3.8, 4) is 0 Å². The van der Waals surface area contributed by atoms with Crippen LogP contribution in [-0.2, 0) is 9.53 Å². The topological polar surface area (TPSA) is 72.6 Å². The van der Waals surface area contributed by atoms with E-state index >= 15 is 0 Å². The van der Waals surface area contributed by atoms with Crippen LogP contribution in [0.4, 0.5) is 4.79 Å². The third kappa shape index (κ3) is 3.51. The monoisotopic (exact) mass is 384 g/mol. The zero-order valence-electron chi connectivity index (χ0n) is 16.9. The molecule has 0 heterocycles. The molecule has 0 aromatic heterocycles. The van der Waals surface area contributed by atoms with Crippen LogP contribution in [0.25, 0.3) is 0 Å².